The Morgan fingerprint density at radius 1 is 0.968 bits per heavy atom. The second-order valence-corrected chi connectivity index (χ2v) is 7.53. The molecule has 1 aromatic heterocycles. The number of rotatable bonds is 4. The second-order valence-electron chi connectivity index (χ2n) is 7.15. The number of carbonyl (C=O) groups excluding carboxylic acids is 2. The molecule has 31 heavy (non-hydrogen) atoms. The predicted molar refractivity (Wildman–Crippen MR) is 123 cm³/mol. The van der Waals surface area contributed by atoms with E-state index in [0.717, 1.165) is 11.4 Å². The molecule has 8 heteroatoms. The van der Waals surface area contributed by atoms with Crippen LogP contribution in [0.1, 0.15) is 5.69 Å². The van der Waals surface area contributed by atoms with Gasteiger partial charge in [0, 0.05) is 37.4 Å². The molecule has 2 aromatic carbocycles. The Kier molecular flexibility index (Phi) is 5.39. The van der Waals surface area contributed by atoms with E-state index in [4.69, 9.17) is 12.2 Å². The van der Waals surface area contributed by atoms with Gasteiger partial charge in [-0.1, -0.05) is 0 Å². The summed E-state index contributed by atoms with van der Waals surface area (Å²) in [4.78, 5) is 28.9. The van der Waals surface area contributed by atoms with Crippen molar-refractivity contribution in [1.29, 1.82) is 0 Å². The smallest absolute Gasteiger partial charge is 0.270 e. The first-order chi connectivity index (χ1) is 14.8. The number of hydrogen-bond donors (Lipinski definition) is 1. The number of anilines is 2. The molecule has 0 spiro atoms. The first-order valence-electron chi connectivity index (χ1n) is 9.47. The van der Waals surface area contributed by atoms with E-state index < -0.39 is 17.6 Å². The summed E-state index contributed by atoms with van der Waals surface area (Å²) >= 11 is 5.18. The van der Waals surface area contributed by atoms with Crippen LogP contribution in [0.15, 0.2) is 72.4 Å². The van der Waals surface area contributed by atoms with E-state index in [-0.39, 0.29) is 10.7 Å². The molecule has 2 heterocycles. The van der Waals surface area contributed by atoms with Crippen LogP contribution in [0.4, 0.5) is 15.8 Å². The minimum Gasteiger partial charge on any atom is -0.378 e. The molecule has 0 atom stereocenters. The molecule has 0 saturated carbocycles. The predicted octanol–water partition coefficient (Wildman–Crippen LogP) is 3.51. The highest BCUT2D eigenvalue weighted by Crippen LogP contribution is 2.24. The highest BCUT2D eigenvalue weighted by molar-refractivity contribution is 7.80. The summed E-state index contributed by atoms with van der Waals surface area (Å²) in [5.41, 5.74) is 2.90. The fourth-order valence-electron chi connectivity index (χ4n) is 3.29. The quantitative estimate of drug-likeness (QED) is 0.388. The lowest BCUT2D eigenvalue weighted by molar-refractivity contribution is -0.122. The van der Waals surface area contributed by atoms with Gasteiger partial charge in [-0.25, -0.2) is 4.39 Å². The van der Waals surface area contributed by atoms with Crippen LogP contribution in [0.25, 0.3) is 11.8 Å². The van der Waals surface area contributed by atoms with Gasteiger partial charge < -0.3 is 9.47 Å². The van der Waals surface area contributed by atoms with E-state index in [1.807, 2.05) is 66.2 Å². The third-order valence-corrected chi connectivity index (χ3v) is 5.19. The molecule has 1 aliphatic heterocycles. The van der Waals surface area contributed by atoms with Crippen molar-refractivity contribution in [2.24, 2.45) is 0 Å². The van der Waals surface area contributed by atoms with E-state index in [9.17, 15) is 14.0 Å². The maximum atomic E-state index is 13.3. The first-order valence-corrected chi connectivity index (χ1v) is 9.88. The summed E-state index contributed by atoms with van der Waals surface area (Å²) in [6, 6.07) is 16.9. The molecule has 0 radical (unpaired) electrons. The van der Waals surface area contributed by atoms with Crippen LogP contribution in [0.3, 0.4) is 0 Å². The molecule has 1 aliphatic rings. The third-order valence-electron chi connectivity index (χ3n) is 4.90. The summed E-state index contributed by atoms with van der Waals surface area (Å²) in [5.74, 6) is -1.59. The SMILES string of the molecule is CN(C)c1ccc(-n2cccc2C=C2C(=O)NC(=S)N(c3ccc(F)cc3)C2=O)cc1. The highest BCUT2D eigenvalue weighted by Gasteiger charge is 2.34. The molecule has 3 aromatic rings. The van der Waals surface area contributed by atoms with E-state index in [1.54, 1.807) is 0 Å². The highest BCUT2D eigenvalue weighted by atomic mass is 32.1. The average molecular weight is 434 g/mol. The van der Waals surface area contributed by atoms with Gasteiger partial charge in [0.05, 0.1) is 5.69 Å². The standard InChI is InChI=1S/C23H19FN4O2S/c1-26(2)16-9-11-17(12-10-16)27-13-3-4-19(27)14-20-21(29)25-23(31)28(22(20)30)18-7-5-15(24)6-8-18/h3-14H,1-2H3,(H,25,29,31). The molecule has 1 saturated heterocycles. The Bertz CT molecular complexity index is 1200. The number of hydrogen-bond acceptors (Lipinski definition) is 4. The van der Waals surface area contributed by atoms with Crippen molar-refractivity contribution < 1.29 is 14.0 Å². The summed E-state index contributed by atoms with van der Waals surface area (Å²) in [7, 11) is 3.93. The second kappa shape index (κ2) is 8.16. The van der Waals surface area contributed by atoms with Gasteiger partial charge in [-0.2, -0.15) is 0 Å². The van der Waals surface area contributed by atoms with Gasteiger partial charge >= 0.3 is 0 Å². The molecule has 0 bridgehead atoms. The Balaban J connectivity index is 1.70. The minimum absolute atomic E-state index is 0.0478. The summed E-state index contributed by atoms with van der Waals surface area (Å²) in [6.45, 7) is 0. The monoisotopic (exact) mass is 434 g/mol. The normalized spacial score (nSPS) is 15.4. The van der Waals surface area contributed by atoms with Gasteiger partial charge in [0.2, 0.25) is 0 Å². The van der Waals surface area contributed by atoms with Crippen LogP contribution in [0.5, 0.6) is 0 Å². The van der Waals surface area contributed by atoms with Crippen LogP contribution in [-0.4, -0.2) is 35.6 Å². The molecule has 1 fully saturated rings. The first kappa shape index (κ1) is 20.5. The van der Waals surface area contributed by atoms with Crippen molar-refractivity contribution in [2.75, 3.05) is 23.9 Å². The van der Waals surface area contributed by atoms with Crippen LogP contribution >= 0.6 is 12.2 Å². The maximum Gasteiger partial charge on any atom is 0.270 e. The zero-order valence-corrected chi connectivity index (χ0v) is 17.7. The Morgan fingerprint density at radius 2 is 1.61 bits per heavy atom. The van der Waals surface area contributed by atoms with Crippen molar-refractivity contribution in [2.45, 2.75) is 0 Å². The minimum atomic E-state index is -0.580. The van der Waals surface area contributed by atoms with Gasteiger partial charge in [-0.15, -0.1) is 0 Å². The van der Waals surface area contributed by atoms with E-state index in [2.05, 4.69) is 5.32 Å². The number of amides is 2. The Morgan fingerprint density at radius 3 is 2.26 bits per heavy atom. The molecule has 0 aliphatic carbocycles. The molecule has 1 N–H and O–H groups in total. The zero-order valence-electron chi connectivity index (χ0n) is 16.9. The van der Waals surface area contributed by atoms with Crippen molar-refractivity contribution in [3.8, 4) is 5.69 Å². The topological polar surface area (TPSA) is 57.6 Å². The molecule has 6 nitrogen and oxygen atoms in total. The summed E-state index contributed by atoms with van der Waals surface area (Å²) in [5, 5.41) is 2.49. The Labute approximate surface area is 184 Å². The number of benzene rings is 2. The van der Waals surface area contributed by atoms with Crippen LogP contribution in [-0.2, 0) is 9.59 Å². The van der Waals surface area contributed by atoms with Gasteiger partial charge in [0.15, 0.2) is 5.11 Å². The molecule has 4 rings (SSSR count). The number of halogens is 1. The number of thiocarbonyl (C=S) groups is 1. The van der Waals surface area contributed by atoms with E-state index in [0.29, 0.717) is 11.4 Å². The lowest BCUT2D eigenvalue weighted by Gasteiger charge is -2.28. The molecular weight excluding hydrogens is 415 g/mol. The van der Waals surface area contributed by atoms with Crippen LogP contribution < -0.4 is 15.1 Å². The fraction of sp³-hybridized carbons (Fsp3) is 0.0870. The largest absolute Gasteiger partial charge is 0.378 e. The zero-order chi connectivity index (χ0) is 22.1. The van der Waals surface area contributed by atoms with Gasteiger partial charge in [0.25, 0.3) is 11.8 Å². The summed E-state index contributed by atoms with van der Waals surface area (Å²) in [6.07, 6.45) is 3.38. The lowest BCUT2D eigenvalue weighted by atomic mass is 10.1. The average Bonchev–Trinajstić information content (AvgIpc) is 3.20. The van der Waals surface area contributed by atoms with E-state index in [1.165, 1.54) is 35.2 Å². The third kappa shape index (κ3) is 3.97. The van der Waals surface area contributed by atoms with Gasteiger partial charge in [0.1, 0.15) is 11.4 Å². The van der Waals surface area contributed by atoms with Crippen molar-refractivity contribution in [3.05, 3.63) is 83.9 Å². The van der Waals surface area contributed by atoms with Crippen molar-refractivity contribution in [1.82, 2.24) is 9.88 Å². The lowest BCUT2D eigenvalue weighted by Crippen LogP contribution is -2.54. The van der Waals surface area contributed by atoms with Crippen molar-refractivity contribution >= 4 is 46.6 Å². The number of nitrogens with one attached hydrogen (secondary N) is 1. The van der Waals surface area contributed by atoms with Crippen LogP contribution in [0, 0.1) is 5.82 Å². The molecule has 2 amide bonds. The molecule has 156 valence electrons. The number of carbonyl (C=O) groups is 2. The van der Waals surface area contributed by atoms with Gasteiger partial charge in [-0.05, 0) is 79.0 Å². The van der Waals surface area contributed by atoms with E-state index >= 15 is 0 Å². The molecular formula is C23H19FN4O2S. The summed E-state index contributed by atoms with van der Waals surface area (Å²) < 4.78 is 15.2. The number of aromatic nitrogens is 1. The Hall–Kier alpha value is -3.78. The van der Waals surface area contributed by atoms with Crippen LogP contribution in [0.2, 0.25) is 0 Å². The van der Waals surface area contributed by atoms with Crippen molar-refractivity contribution in [3.63, 3.8) is 0 Å². The maximum absolute atomic E-state index is 13.3. The number of nitrogens with zero attached hydrogens (tertiary/aromatic N) is 3. The van der Waals surface area contributed by atoms with Gasteiger partial charge in [-0.3, -0.25) is 19.8 Å². The molecule has 0 unspecified atom stereocenters. The fourth-order valence-corrected chi connectivity index (χ4v) is 3.57.